The maximum Gasteiger partial charge on any atom is 0.256 e. The van der Waals surface area contributed by atoms with Crippen LogP contribution < -0.4 is 10.6 Å². The average Bonchev–Trinajstić information content (AvgIpc) is 2.85. The largest absolute Gasteiger partial charge is 0.508 e. The number of nitrogens with one attached hydrogen (secondary N) is 2. The quantitative estimate of drug-likeness (QED) is 0.756. The minimum absolute atomic E-state index is 0.0333. The number of carbonyl (C=O) groups excluding carboxylic acids is 1. The number of benzene rings is 1. The van der Waals surface area contributed by atoms with Crippen molar-refractivity contribution >= 4 is 22.2 Å². The lowest BCUT2D eigenvalue weighted by molar-refractivity contribution is 0.0935. The number of hydrogen-bond acceptors (Lipinski definition) is 4. The van der Waals surface area contributed by atoms with Gasteiger partial charge in [0.1, 0.15) is 16.9 Å². The van der Waals surface area contributed by atoms with Crippen LogP contribution in [0.4, 0.5) is 5.00 Å². The zero-order valence-corrected chi connectivity index (χ0v) is 13.2. The first kappa shape index (κ1) is 13.6. The molecule has 4 nitrogen and oxygen atoms in total. The summed E-state index contributed by atoms with van der Waals surface area (Å²) in [6.45, 7) is 2.26. The molecule has 1 aromatic heterocycles. The van der Waals surface area contributed by atoms with Gasteiger partial charge in [0.15, 0.2) is 0 Å². The zero-order valence-electron chi connectivity index (χ0n) is 12.3. The van der Waals surface area contributed by atoms with E-state index in [1.54, 1.807) is 23.5 Å². The monoisotopic (exact) mass is 314 g/mol. The number of thiophene rings is 1. The van der Waals surface area contributed by atoms with Crippen molar-refractivity contribution in [3.8, 4) is 5.75 Å². The number of phenols is 1. The molecule has 2 aromatic rings. The lowest BCUT2D eigenvalue weighted by Crippen LogP contribution is -2.38. The Balaban J connectivity index is 1.73. The highest BCUT2D eigenvalue weighted by molar-refractivity contribution is 7.16. The van der Waals surface area contributed by atoms with E-state index in [-0.39, 0.29) is 17.8 Å². The first-order valence-corrected chi connectivity index (χ1v) is 8.45. The molecule has 0 bridgehead atoms. The van der Waals surface area contributed by atoms with E-state index in [1.165, 1.54) is 10.4 Å². The van der Waals surface area contributed by atoms with Gasteiger partial charge in [0, 0.05) is 10.4 Å². The standard InChI is InChI=1S/C17H18N2O2S/c1-9-6-7-11-13(8-9)22-17-14(11)16(21)18-15(19-17)10-4-2-3-5-12(10)20/h2-5,9,15,19-20H,6-8H2,1H3,(H,18,21)/t9-,15+/m1/s1. The first-order valence-electron chi connectivity index (χ1n) is 7.63. The number of rotatable bonds is 1. The van der Waals surface area contributed by atoms with Crippen LogP contribution in [-0.4, -0.2) is 11.0 Å². The van der Waals surface area contributed by atoms with E-state index in [2.05, 4.69) is 17.6 Å². The summed E-state index contributed by atoms with van der Waals surface area (Å²) in [6.07, 6.45) is 2.81. The van der Waals surface area contributed by atoms with Gasteiger partial charge in [-0.1, -0.05) is 25.1 Å². The lowest BCUT2D eigenvalue weighted by Gasteiger charge is -2.27. The van der Waals surface area contributed by atoms with Crippen molar-refractivity contribution in [3.05, 3.63) is 45.8 Å². The SMILES string of the molecule is C[C@@H]1CCc2c(sc3c2C(=O)N[C@H](c2ccccc2O)N3)C1. The van der Waals surface area contributed by atoms with Crippen LogP contribution in [0.15, 0.2) is 24.3 Å². The minimum atomic E-state index is -0.376. The van der Waals surface area contributed by atoms with Gasteiger partial charge in [-0.05, 0) is 36.8 Å². The third-order valence-corrected chi connectivity index (χ3v) is 5.72. The van der Waals surface area contributed by atoms with Crippen LogP contribution in [0.25, 0.3) is 0 Å². The van der Waals surface area contributed by atoms with E-state index in [9.17, 15) is 9.90 Å². The second kappa shape index (κ2) is 5.02. The highest BCUT2D eigenvalue weighted by Crippen LogP contribution is 2.43. The predicted octanol–water partition coefficient (Wildman–Crippen LogP) is 3.43. The van der Waals surface area contributed by atoms with Crippen LogP contribution in [0.2, 0.25) is 0 Å². The fourth-order valence-electron chi connectivity index (χ4n) is 3.35. The Morgan fingerprint density at radius 1 is 1.27 bits per heavy atom. The average molecular weight is 314 g/mol. The van der Waals surface area contributed by atoms with E-state index in [1.807, 2.05) is 12.1 Å². The first-order chi connectivity index (χ1) is 10.6. The topological polar surface area (TPSA) is 61.4 Å². The van der Waals surface area contributed by atoms with E-state index >= 15 is 0 Å². The van der Waals surface area contributed by atoms with Crippen molar-refractivity contribution in [3.63, 3.8) is 0 Å². The van der Waals surface area contributed by atoms with Gasteiger partial charge in [0.25, 0.3) is 5.91 Å². The molecule has 0 saturated carbocycles. The smallest absolute Gasteiger partial charge is 0.256 e. The Hall–Kier alpha value is -2.01. The highest BCUT2D eigenvalue weighted by atomic mass is 32.1. The van der Waals surface area contributed by atoms with Crippen LogP contribution in [0.3, 0.4) is 0 Å². The highest BCUT2D eigenvalue weighted by Gasteiger charge is 2.33. The number of aromatic hydroxyl groups is 1. The van der Waals surface area contributed by atoms with Gasteiger partial charge in [-0.2, -0.15) is 0 Å². The number of phenolic OH excluding ortho intramolecular Hbond substituents is 1. The summed E-state index contributed by atoms with van der Waals surface area (Å²) in [4.78, 5) is 13.9. The Labute approximate surface area is 133 Å². The molecule has 4 rings (SSSR count). The Kier molecular flexibility index (Phi) is 3.11. The maximum atomic E-state index is 12.6. The van der Waals surface area contributed by atoms with Crippen molar-refractivity contribution in [2.45, 2.75) is 32.4 Å². The molecule has 1 aliphatic carbocycles. The van der Waals surface area contributed by atoms with Gasteiger partial charge in [-0.25, -0.2) is 0 Å². The molecule has 2 atom stereocenters. The van der Waals surface area contributed by atoms with E-state index < -0.39 is 0 Å². The molecular weight excluding hydrogens is 296 g/mol. The Morgan fingerprint density at radius 2 is 2.09 bits per heavy atom. The number of fused-ring (bicyclic) bond motifs is 3. The van der Waals surface area contributed by atoms with Crippen LogP contribution in [0, 0.1) is 5.92 Å². The van der Waals surface area contributed by atoms with Gasteiger partial charge in [0.05, 0.1) is 5.56 Å². The molecule has 22 heavy (non-hydrogen) atoms. The molecule has 3 N–H and O–H groups in total. The Morgan fingerprint density at radius 3 is 2.91 bits per heavy atom. The van der Waals surface area contributed by atoms with Crippen molar-refractivity contribution in [2.75, 3.05) is 5.32 Å². The van der Waals surface area contributed by atoms with Crippen molar-refractivity contribution < 1.29 is 9.90 Å². The van der Waals surface area contributed by atoms with Gasteiger partial charge in [-0.15, -0.1) is 11.3 Å². The summed E-state index contributed by atoms with van der Waals surface area (Å²) >= 11 is 1.70. The molecule has 0 radical (unpaired) electrons. The molecule has 0 unspecified atom stereocenters. The second-order valence-corrected chi connectivity index (χ2v) is 7.27. The molecule has 2 heterocycles. The van der Waals surface area contributed by atoms with E-state index in [4.69, 9.17) is 0 Å². The van der Waals surface area contributed by atoms with E-state index in [0.717, 1.165) is 29.8 Å². The van der Waals surface area contributed by atoms with Gasteiger partial charge in [-0.3, -0.25) is 4.79 Å². The third kappa shape index (κ3) is 2.08. The summed E-state index contributed by atoms with van der Waals surface area (Å²) < 4.78 is 0. The fourth-order valence-corrected chi connectivity index (χ4v) is 4.79. The third-order valence-electron chi connectivity index (χ3n) is 4.54. The van der Waals surface area contributed by atoms with E-state index in [0.29, 0.717) is 11.5 Å². The molecule has 1 amide bonds. The second-order valence-electron chi connectivity index (χ2n) is 6.17. The van der Waals surface area contributed by atoms with Crippen LogP contribution in [0.1, 0.15) is 45.9 Å². The van der Waals surface area contributed by atoms with Crippen LogP contribution >= 0.6 is 11.3 Å². The molecule has 0 saturated heterocycles. The van der Waals surface area contributed by atoms with Gasteiger partial charge < -0.3 is 15.7 Å². The van der Waals surface area contributed by atoms with Crippen molar-refractivity contribution in [1.82, 2.24) is 5.32 Å². The van der Waals surface area contributed by atoms with Crippen molar-refractivity contribution in [1.29, 1.82) is 0 Å². The number of hydrogen-bond donors (Lipinski definition) is 3. The summed E-state index contributed by atoms with van der Waals surface area (Å²) in [7, 11) is 0. The normalized spacial score (nSPS) is 23.2. The van der Waals surface area contributed by atoms with Crippen LogP contribution in [-0.2, 0) is 12.8 Å². The Bertz CT molecular complexity index is 753. The summed E-state index contributed by atoms with van der Waals surface area (Å²) in [6, 6.07) is 7.10. The molecular formula is C17H18N2O2S. The number of amides is 1. The van der Waals surface area contributed by atoms with Crippen molar-refractivity contribution in [2.24, 2.45) is 5.92 Å². The lowest BCUT2D eigenvalue weighted by atomic mass is 9.88. The van der Waals surface area contributed by atoms with Gasteiger partial charge in [0.2, 0.25) is 0 Å². The summed E-state index contributed by atoms with van der Waals surface area (Å²) in [5.41, 5.74) is 2.73. The molecule has 1 aromatic carbocycles. The molecule has 2 aliphatic rings. The number of carbonyl (C=O) groups is 1. The molecule has 0 fully saturated rings. The number of anilines is 1. The molecule has 0 spiro atoms. The molecule has 5 heteroatoms. The van der Waals surface area contributed by atoms with Crippen LogP contribution in [0.5, 0.6) is 5.75 Å². The van der Waals surface area contributed by atoms with Gasteiger partial charge >= 0.3 is 0 Å². The summed E-state index contributed by atoms with van der Waals surface area (Å²) in [5.74, 6) is 0.845. The number of para-hydroxylation sites is 1. The zero-order chi connectivity index (χ0) is 15.3. The maximum absolute atomic E-state index is 12.6. The molecule has 1 aliphatic heterocycles. The molecule has 114 valence electrons. The predicted molar refractivity (Wildman–Crippen MR) is 87.4 cm³/mol. The minimum Gasteiger partial charge on any atom is -0.508 e. The summed E-state index contributed by atoms with van der Waals surface area (Å²) in [5, 5.41) is 17.3. The fraction of sp³-hybridized carbons (Fsp3) is 0.353.